The Labute approximate surface area is 191 Å². The number of anilines is 1. The summed E-state index contributed by atoms with van der Waals surface area (Å²) in [6, 6.07) is 21.6. The number of benzene rings is 3. The zero-order valence-corrected chi connectivity index (χ0v) is 18.7. The van der Waals surface area contributed by atoms with Crippen LogP contribution < -0.4 is 10.2 Å². The molecule has 30 heavy (non-hydrogen) atoms. The van der Waals surface area contributed by atoms with Gasteiger partial charge in [0.25, 0.3) is 5.91 Å². The van der Waals surface area contributed by atoms with E-state index in [1.807, 2.05) is 60.3 Å². The van der Waals surface area contributed by atoms with Gasteiger partial charge in [0.1, 0.15) is 0 Å². The van der Waals surface area contributed by atoms with Gasteiger partial charge in [0.2, 0.25) is 0 Å². The summed E-state index contributed by atoms with van der Waals surface area (Å²) in [7, 11) is 0. The van der Waals surface area contributed by atoms with E-state index in [1.54, 1.807) is 0 Å². The smallest absolute Gasteiger partial charge is 0.251 e. The van der Waals surface area contributed by atoms with Crippen LogP contribution in [0.1, 0.15) is 21.5 Å². The molecular weight excluding hydrogens is 435 g/mol. The molecule has 3 aromatic rings. The molecule has 0 fully saturated rings. The SMILES string of the molecule is O=C(NCCc1ccc(Cl)cc1)c1ccc2c(c1)N(Cc1ccc(Cl)cc1)CCS2. The van der Waals surface area contributed by atoms with Gasteiger partial charge in [-0.15, -0.1) is 11.8 Å². The first-order valence-electron chi connectivity index (χ1n) is 9.87. The lowest BCUT2D eigenvalue weighted by Crippen LogP contribution is -2.30. The maximum atomic E-state index is 12.7. The average molecular weight is 457 g/mol. The standard InChI is InChI=1S/C24H22Cl2N2OS/c25-20-6-1-17(2-7-20)11-12-27-24(29)19-5-10-23-22(15-19)28(13-14-30-23)16-18-3-8-21(26)9-4-18/h1-10,15H,11-14,16H2,(H,27,29). The summed E-state index contributed by atoms with van der Waals surface area (Å²) in [5, 5.41) is 4.49. The third-order valence-corrected chi connectivity index (χ3v) is 6.63. The lowest BCUT2D eigenvalue weighted by Gasteiger charge is -2.31. The van der Waals surface area contributed by atoms with E-state index < -0.39 is 0 Å². The Morgan fingerprint density at radius 1 is 0.933 bits per heavy atom. The summed E-state index contributed by atoms with van der Waals surface area (Å²) in [6.45, 7) is 2.33. The molecular formula is C24H22Cl2N2OS. The fourth-order valence-corrected chi connectivity index (χ4v) is 4.75. The molecule has 0 saturated carbocycles. The Morgan fingerprint density at radius 2 is 1.60 bits per heavy atom. The molecule has 0 saturated heterocycles. The molecule has 4 rings (SSSR count). The summed E-state index contributed by atoms with van der Waals surface area (Å²) in [4.78, 5) is 16.3. The molecule has 1 heterocycles. The molecule has 0 spiro atoms. The molecule has 0 atom stereocenters. The molecule has 3 nitrogen and oxygen atoms in total. The van der Waals surface area contributed by atoms with Gasteiger partial charge in [-0.2, -0.15) is 0 Å². The second kappa shape index (κ2) is 9.78. The van der Waals surface area contributed by atoms with E-state index in [-0.39, 0.29) is 5.91 Å². The Morgan fingerprint density at radius 3 is 2.30 bits per heavy atom. The molecule has 0 aromatic heterocycles. The number of hydrogen-bond donors (Lipinski definition) is 1. The number of nitrogens with one attached hydrogen (secondary N) is 1. The molecule has 154 valence electrons. The normalized spacial score (nSPS) is 13.1. The van der Waals surface area contributed by atoms with Gasteiger partial charge in [-0.1, -0.05) is 47.5 Å². The maximum Gasteiger partial charge on any atom is 0.251 e. The molecule has 0 aliphatic carbocycles. The van der Waals surface area contributed by atoms with Crippen LogP contribution >= 0.6 is 35.0 Å². The van der Waals surface area contributed by atoms with Gasteiger partial charge in [0.05, 0.1) is 5.69 Å². The highest BCUT2D eigenvalue weighted by Gasteiger charge is 2.19. The van der Waals surface area contributed by atoms with Crippen molar-refractivity contribution in [1.29, 1.82) is 0 Å². The molecule has 0 radical (unpaired) electrons. The lowest BCUT2D eigenvalue weighted by molar-refractivity contribution is 0.0954. The number of fused-ring (bicyclic) bond motifs is 1. The summed E-state index contributed by atoms with van der Waals surface area (Å²) in [5.41, 5.74) is 4.16. The van der Waals surface area contributed by atoms with Crippen LogP contribution in [0, 0.1) is 0 Å². The van der Waals surface area contributed by atoms with Crippen LogP contribution in [0.2, 0.25) is 10.0 Å². The van der Waals surface area contributed by atoms with Gasteiger partial charge in [-0.3, -0.25) is 4.79 Å². The van der Waals surface area contributed by atoms with Gasteiger partial charge in [-0.05, 0) is 60.0 Å². The van der Waals surface area contributed by atoms with Crippen LogP contribution in [0.4, 0.5) is 5.69 Å². The first-order valence-corrected chi connectivity index (χ1v) is 11.6. The Hall–Kier alpha value is -2.14. The van der Waals surface area contributed by atoms with Crippen LogP contribution in [0.5, 0.6) is 0 Å². The van der Waals surface area contributed by atoms with Crippen molar-refractivity contribution in [3.63, 3.8) is 0 Å². The van der Waals surface area contributed by atoms with Gasteiger partial charge in [0, 0.05) is 45.9 Å². The highest BCUT2D eigenvalue weighted by Crippen LogP contribution is 2.36. The van der Waals surface area contributed by atoms with Crippen molar-refractivity contribution >= 4 is 46.6 Å². The number of carbonyl (C=O) groups excluding carboxylic acids is 1. The summed E-state index contributed by atoms with van der Waals surface area (Å²) >= 11 is 13.8. The minimum atomic E-state index is -0.0474. The van der Waals surface area contributed by atoms with Crippen molar-refractivity contribution in [3.8, 4) is 0 Å². The van der Waals surface area contributed by atoms with Gasteiger partial charge in [-0.25, -0.2) is 0 Å². The number of amides is 1. The lowest BCUT2D eigenvalue weighted by atomic mass is 10.1. The highest BCUT2D eigenvalue weighted by atomic mass is 35.5. The molecule has 0 bridgehead atoms. The summed E-state index contributed by atoms with van der Waals surface area (Å²) in [5.74, 6) is 0.988. The summed E-state index contributed by atoms with van der Waals surface area (Å²) in [6.07, 6.45) is 0.770. The van der Waals surface area contributed by atoms with Gasteiger partial charge < -0.3 is 10.2 Å². The third kappa shape index (κ3) is 5.31. The van der Waals surface area contributed by atoms with Crippen LogP contribution in [0.15, 0.2) is 71.6 Å². The molecule has 0 unspecified atom stereocenters. The van der Waals surface area contributed by atoms with Crippen molar-refractivity contribution in [2.45, 2.75) is 17.9 Å². The van der Waals surface area contributed by atoms with Crippen LogP contribution in [0.3, 0.4) is 0 Å². The maximum absolute atomic E-state index is 12.7. The first kappa shape index (κ1) is 21.1. The van der Waals surface area contributed by atoms with E-state index >= 15 is 0 Å². The Bertz CT molecular complexity index is 1020. The van der Waals surface area contributed by atoms with E-state index in [4.69, 9.17) is 23.2 Å². The van der Waals surface area contributed by atoms with E-state index in [1.165, 1.54) is 10.5 Å². The minimum Gasteiger partial charge on any atom is -0.365 e. The van der Waals surface area contributed by atoms with Gasteiger partial charge >= 0.3 is 0 Å². The molecule has 6 heteroatoms. The predicted molar refractivity (Wildman–Crippen MR) is 127 cm³/mol. The number of halogens is 2. The number of rotatable bonds is 6. The number of carbonyl (C=O) groups is 1. The van der Waals surface area contributed by atoms with E-state index in [0.717, 1.165) is 46.6 Å². The van der Waals surface area contributed by atoms with Crippen LogP contribution in [-0.4, -0.2) is 24.7 Å². The molecule has 1 aliphatic rings. The molecule has 3 aromatic carbocycles. The van der Waals surface area contributed by atoms with Crippen molar-refractivity contribution in [2.24, 2.45) is 0 Å². The number of nitrogens with zero attached hydrogens (tertiary/aromatic N) is 1. The second-order valence-electron chi connectivity index (χ2n) is 7.21. The van der Waals surface area contributed by atoms with E-state index in [9.17, 15) is 4.79 Å². The molecule has 1 N–H and O–H groups in total. The van der Waals surface area contributed by atoms with Gasteiger partial charge in [0.15, 0.2) is 0 Å². The van der Waals surface area contributed by atoms with Crippen molar-refractivity contribution in [1.82, 2.24) is 5.32 Å². The molecule has 1 aliphatic heterocycles. The fourth-order valence-electron chi connectivity index (χ4n) is 3.46. The van der Waals surface area contributed by atoms with E-state index in [2.05, 4.69) is 28.4 Å². The van der Waals surface area contributed by atoms with Crippen molar-refractivity contribution in [3.05, 3.63) is 93.5 Å². The highest BCUT2D eigenvalue weighted by molar-refractivity contribution is 7.99. The minimum absolute atomic E-state index is 0.0474. The quantitative estimate of drug-likeness (QED) is 0.487. The zero-order valence-electron chi connectivity index (χ0n) is 16.4. The largest absolute Gasteiger partial charge is 0.365 e. The zero-order chi connectivity index (χ0) is 20.9. The van der Waals surface area contributed by atoms with Crippen LogP contribution in [-0.2, 0) is 13.0 Å². The third-order valence-electron chi connectivity index (χ3n) is 5.08. The Kier molecular flexibility index (Phi) is 6.88. The predicted octanol–water partition coefficient (Wildman–Crippen LogP) is 6.08. The summed E-state index contributed by atoms with van der Waals surface area (Å²) < 4.78 is 0. The fraction of sp³-hybridized carbons (Fsp3) is 0.208. The number of hydrogen-bond acceptors (Lipinski definition) is 3. The van der Waals surface area contributed by atoms with Crippen LogP contribution in [0.25, 0.3) is 0 Å². The first-order chi connectivity index (χ1) is 14.6. The Balaban J connectivity index is 1.42. The van der Waals surface area contributed by atoms with E-state index in [0.29, 0.717) is 12.1 Å². The second-order valence-corrected chi connectivity index (χ2v) is 9.22. The monoisotopic (exact) mass is 456 g/mol. The topological polar surface area (TPSA) is 32.3 Å². The van der Waals surface area contributed by atoms with Crippen molar-refractivity contribution in [2.75, 3.05) is 23.7 Å². The molecule has 1 amide bonds. The number of thioether (sulfide) groups is 1. The average Bonchev–Trinajstić information content (AvgIpc) is 2.76. The van der Waals surface area contributed by atoms with Crippen molar-refractivity contribution < 1.29 is 4.79 Å².